The van der Waals surface area contributed by atoms with Gasteiger partial charge in [0.2, 0.25) is 6.41 Å². The summed E-state index contributed by atoms with van der Waals surface area (Å²) in [4.78, 5) is 10.1. The minimum absolute atomic E-state index is 0.474. The van der Waals surface area contributed by atoms with Gasteiger partial charge in [-0.05, 0) is 12.1 Å². The van der Waals surface area contributed by atoms with Gasteiger partial charge in [-0.25, -0.2) is 0 Å². The van der Waals surface area contributed by atoms with E-state index in [1.54, 1.807) is 24.5 Å². The predicted octanol–water partition coefficient (Wildman–Crippen LogP) is 1.24. The lowest BCUT2D eigenvalue weighted by Gasteiger charge is -1.86. The zero-order valence-corrected chi connectivity index (χ0v) is 6.65. The third-order valence-corrected chi connectivity index (χ3v) is 1.57. The minimum Gasteiger partial charge on any atom is -0.463 e. The van der Waals surface area contributed by atoms with Crippen LogP contribution in [0.5, 0.6) is 0 Å². The number of aromatic nitrogens is 2. The Balaban J connectivity index is 2.28. The predicted molar refractivity (Wildman–Crippen MR) is 46.0 cm³/mol. The Kier molecular flexibility index (Phi) is 1.84. The molecule has 0 aliphatic carbocycles. The number of H-pyrrole nitrogens is 1. The highest BCUT2D eigenvalue weighted by molar-refractivity contribution is 5.71. The van der Waals surface area contributed by atoms with Crippen molar-refractivity contribution in [2.45, 2.75) is 0 Å². The average molecular weight is 177 g/mol. The summed E-state index contributed by atoms with van der Waals surface area (Å²) in [6.45, 7) is 0. The number of rotatable bonds is 3. The smallest absolute Gasteiger partial charge is 0.212 e. The lowest BCUT2D eigenvalue weighted by molar-refractivity contribution is -0.105. The van der Waals surface area contributed by atoms with Gasteiger partial charge in [0.1, 0.15) is 5.69 Å². The number of nitrogens with one attached hydrogen (secondary N) is 2. The molecule has 0 spiro atoms. The molecule has 0 saturated carbocycles. The number of amides is 1. The average Bonchev–Trinajstić information content (AvgIpc) is 2.70. The van der Waals surface area contributed by atoms with Crippen molar-refractivity contribution in [3.05, 3.63) is 24.5 Å². The maximum absolute atomic E-state index is 10.1. The molecule has 0 aliphatic rings. The lowest BCUT2D eigenvalue weighted by atomic mass is 10.3. The second kappa shape index (κ2) is 3.14. The Bertz CT molecular complexity index is 391. The summed E-state index contributed by atoms with van der Waals surface area (Å²) in [6.07, 6.45) is 2.14. The Morgan fingerprint density at radius 1 is 1.62 bits per heavy atom. The topological polar surface area (TPSA) is 70.9 Å². The van der Waals surface area contributed by atoms with Crippen LogP contribution in [0.3, 0.4) is 0 Å². The van der Waals surface area contributed by atoms with Crippen LogP contribution in [0.15, 0.2) is 28.9 Å². The van der Waals surface area contributed by atoms with Crippen molar-refractivity contribution in [1.82, 2.24) is 10.2 Å². The van der Waals surface area contributed by atoms with E-state index in [0.717, 1.165) is 5.69 Å². The molecule has 0 aliphatic heterocycles. The first-order valence-electron chi connectivity index (χ1n) is 3.69. The molecule has 2 heterocycles. The van der Waals surface area contributed by atoms with E-state index in [9.17, 15) is 4.79 Å². The first kappa shape index (κ1) is 7.60. The fourth-order valence-electron chi connectivity index (χ4n) is 1.01. The van der Waals surface area contributed by atoms with Crippen molar-refractivity contribution >= 4 is 12.2 Å². The van der Waals surface area contributed by atoms with Crippen LogP contribution in [0.2, 0.25) is 0 Å². The number of aromatic amines is 1. The molecular formula is C8H7N3O2. The van der Waals surface area contributed by atoms with Gasteiger partial charge in [0.25, 0.3) is 0 Å². The van der Waals surface area contributed by atoms with E-state index in [4.69, 9.17) is 4.42 Å². The van der Waals surface area contributed by atoms with Gasteiger partial charge in [-0.1, -0.05) is 0 Å². The normalized spacial score (nSPS) is 9.85. The van der Waals surface area contributed by atoms with Gasteiger partial charge in [0, 0.05) is 6.07 Å². The molecular weight excluding hydrogens is 170 g/mol. The first-order chi connectivity index (χ1) is 6.40. The van der Waals surface area contributed by atoms with Crippen LogP contribution < -0.4 is 5.32 Å². The van der Waals surface area contributed by atoms with Crippen LogP contribution in [0, 0.1) is 0 Å². The van der Waals surface area contributed by atoms with Crippen LogP contribution in [0.1, 0.15) is 0 Å². The molecule has 5 nitrogen and oxygen atoms in total. The molecule has 0 fully saturated rings. The van der Waals surface area contributed by atoms with Crippen LogP contribution >= 0.6 is 0 Å². The SMILES string of the molecule is O=CNc1cc(-c2ccco2)[nH]n1. The van der Waals surface area contributed by atoms with Crippen molar-refractivity contribution in [2.24, 2.45) is 0 Å². The monoisotopic (exact) mass is 177 g/mol. The quantitative estimate of drug-likeness (QED) is 0.693. The van der Waals surface area contributed by atoms with Gasteiger partial charge in [-0.15, -0.1) is 0 Å². The molecule has 1 amide bonds. The zero-order valence-electron chi connectivity index (χ0n) is 6.65. The lowest BCUT2D eigenvalue weighted by Crippen LogP contribution is -1.92. The molecule has 0 unspecified atom stereocenters. The van der Waals surface area contributed by atoms with E-state index in [0.29, 0.717) is 18.0 Å². The fourth-order valence-corrected chi connectivity index (χ4v) is 1.01. The number of carbonyl (C=O) groups is 1. The van der Waals surface area contributed by atoms with E-state index < -0.39 is 0 Å². The second-order valence-electron chi connectivity index (χ2n) is 2.41. The van der Waals surface area contributed by atoms with E-state index in [1.807, 2.05) is 0 Å². The number of anilines is 1. The van der Waals surface area contributed by atoms with Crippen LogP contribution in [-0.2, 0) is 4.79 Å². The van der Waals surface area contributed by atoms with Gasteiger partial charge >= 0.3 is 0 Å². The summed E-state index contributed by atoms with van der Waals surface area (Å²) in [7, 11) is 0. The van der Waals surface area contributed by atoms with Gasteiger partial charge in [0.15, 0.2) is 11.6 Å². The summed E-state index contributed by atoms with van der Waals surface area (Å²) < 4.78 is 5.12. The molecule has 0 bridgehead atoms. The Morgan fingerprint density at radius 3 is 3.23 bits per heavy atom. The molecule has 0 aromatic carbocycles. The molecule has 0 radical (unpaired) electrons. The summed E-state index contributed by atoms with van der Waals surface area (Å²) in [5.41, 5.74) is 0.731. The standard InChI is InChI=1S/C8H7N3O2/c12-5-9-8-4-6(10-11-8)7-2-1-3-13-7/h1-5H,(H2,9,10,11,12). The van der Waals surface area contributed by atoms with E-state index in [2.05, 4.69) is 15.5 Å². The van der Waals surface area contributed by atoms with Crippen molar-refractivity contribution in [1.29, 1.82) is 0 Å². The molecule has 66 valence electrons. The first-order valence-corrected chi connectivity index (χ1v) is 3.69. The summed E-state index contributed by atoms with van der Waals surface area (Å²) >= 11 is 0. The zero-order chi connectivity index (χ0) is 9.10. The van der Waals surface area contributed by atoms with E-state index in [-0.39, 0.29) is 0 Å². The van der Waals surface area contributed by atoms with Crippen molar-refractivity contribution in [3.8, 4) is 11.5 Å². The number of furan rings is 1. The molecule has 0 atom stereocenters. The van der Waals surface area contributed by atoms with Crippen LogP contribution in [0.4, 0.5) is 5.82 Å². The fraction of sp³-hybridized carbons (Fsp3) is 0. The molecule has 5 heteroatoms. The number of carbonyl (C=O) groups excluding carboxylic acids is 1. The summed E-state index contributed by atoms with van der Waals surface area (Å²) in [6, 6.07) is 5.27. The Labute approximate surface area is 73.8 Å². The molecule has 2 aromatic rings. The summed E-state index contributed by atoms with van der Waals surface area (Å²) in [5, 5.41) is 8.99. The van der Waals surface area contributed by atoms with Gasteiger partial charge in [-0.2, -0.15) is 5.10 Å². The van der Waals surface area contributed by atoms with Gasteiger partial charge in [-0.3, -0.25) is 9.89 Å². The van der Waals surface area contributed by atoms with E-state index in [1.165, 1.54) is 0 Å². The molecule has 2 rings (SSSR count). The Morgan fingerprint density at radius 2 is 2.54 bits per heavy atom. The second-order valence-corrected chi connectivity index (χ2v) is 2.41. The largest absolute Gasteiger partial charge is 0.463 e. The molecule has 0 saturated heterocycles. The Hall–Kier alpha value is -2.04. The highest BCUT2D eigenvalue weighted by atomic mass is 16.3. The number of hydrogen-bond acceptors (Lipinski definition) is 3. The van der Waals surface area contributed by atoms with Crippen LogP contribution in [0.25, 0.3) is 11.5 Å². The van der Waals surface area contributed by atoms with Gasteiger partial charge in [0.05, 0.1) is 6.26 Å². The number of hydrogen-bond donors (Lipinski definition) is 2. The van der Waals surface area contributed by atoms with Crippen molar-refractivity contribution < 1.29 is 9.21 Å². The summed E-state index contributed by atoms with van der Waals surface area (Å²) in [5.74, 6) is 1.16. The van der Waals surface area contributed by atoms with Crippen molar-refractivity contribution in [2.75, 3.05) is 5.32 Å². The van der Waals surface area contributed by atoms with Crippen LogP contribution in [-0.4, -0.2) is 16.6 Å². The molecule has 2 aromatic heterocycles. The minimum atomic E-state index is 0.474. The maximum atomic E-state index is 10.1. The molecule has 2 N–H and O–H groups in total. The third-order valence-electron chi connectivity index (χ3n) is 1.57. The van der Waals surface area contributed by atoms with Gasteiger partial charge < -0.3 is 9.73 Å². The van der Waals surface area contributed by atoms with E-state index >= 15 is 0 Å². The highest BCUT2D eigenvalue weighted by Crippen LogP contribution is 2.19. The molecule has 13 heavy (non-hydrogen) atoms. The third kappa shape index (κ3) is 1.44. The number of nitrogens with zero attached hydrogens (tertiary/aromatic N) is 1. The highest BCUT2D eigenvalue weighted by Gasteiger charge is 2.04. The van der Waals surface area contributed by atoms with Crippen molar-refractivity contribution in [3.63, 3.8) is 0 Å². The maximum Gasteiger partial charge on any atom is 0.212 e.